The highest BCUT2D eigenvalue weighted by molar-refractivity contribution is 7.16. The molecule has 0 bridgehead atoms. The summed E-state index contributed by atoms with van der Waals surface area (Å²) in [5.41, 5.74) is 1.67. The lowest BCUT2D eigenvalue weighted by atomic mass is 10.1. The molecule has 0 saturated heterocycles. The molecule has 6 nitrogen and oxygen atoms in total. The molecular formula is C18H16ClN3O3S. The summed E-state index contributed by atoms with van der Waals surface area (Å²) in [5, 5.41) is 12.7. The monoisotopic (exact) mass is 389 g/mol. The molecule has 0 unspecified atom stereocenters. The number of carbonyl (C=O) groups is 2. The Morgan fingerprint density at radius 2 is 2.15 bits per heavy atom. The maximum Gasteiger partial charge on any atom is 0.341 e. The number of esters is 1. The molecule has 0 aliphatic heterocycles. The van der Waals surface area contributed by atoms with Crippen molar-refractivity contribution >= 4 is 39.8 Å². The molecular weight excluding hydrogens is 374 g/mol. The number of rotatable bonds is 4. The van der Waals surface area contributed by atoms with Crippen LogP contribution in [0.3, 0.4) is 0 Å². The summed E-state index contributed by atoms with van der Waals surface area (Å²) in [6.45, 7) is -0.461. The van der Waals surface area contributed by atoms with Gasteiger partial charge in [0.25, 0.3) is 5.91 Å². The van der Waals surface area contributed by atoms with Crippen LogP contribution in [0, 0.1) is 11.3 Å². The van der Waals surface area contributed by atoms with E-state index in [1.807, 2.05) is 0 Å². The Morgan fingerprint density at radius 3 is 2.92 bits per heavy atom. The van der Waals surface area contributed by atoms with Gasteiger partial charge in [-0.2, -0.15) is 5.26 Å². The van der Waals surface area contributed by atoms with E-state index in [2.05, 4.69) is 16.4 Å². The van der Waals surface area contributed by atoms with Crippen molar-refractivity contribution in [3.8, 4) is 6.07 Å². The number of carbonyl (C=O) groups excluding carboxylic acids is 2. The Hall–Kier alpha value is -2.43. The van der Waals surface area contributed by atoms with E-state index >= 15 is 0 Å². The molecule has 0 atom stereocenters. The number of aryl methyl sites for hydroxylation is 1. The first-order valence-corrected chi connectivity index (χ1v) is 9.41. The van der Waals surface area contributed by atoms with Crippen molar-refractivity contribution < 1.29 is 14.3 Å². The van der Waals surface area contributed by atoms with Crippen molar-refractivity contribution in [1.29, 1.82) is 5.26 Å². The molecule has 0 spiro atoms. The molecule has 1 amide bonds. The van der Waals surface area contributed by atoms with E-state index in [0.29, 0.717) is 10.6 Å². The van der Waals surface area contributed by atoms with Crippen molar-refractivity contribution in [3.63, 3.8) is 0 Å². The summed E-state index contributed by atoms with van der Waals surface area (Å²) in [5.74, 6) is -1.22. The number of nitrogens with zero attached hydrogens (tertiary/aromatic N) is 2. The molecule has 0 saturated carbocycles. The van der Waals surface area contributed by atoms with Gasteiger partial charge in [-0.15, -0.1) is 11.3 Å². The largest absolute Gasteiger partial charge is 0.452 e. The number of nitrogens with one attached hydrogen (secondary N) is 1. The van der Waals surface area contributed by atoms with E-state index in [0.717, 1.165) is 42.5 Å². The Morgan fingerprint density at radius 1 is 1.35 bits per heavy atom. The first kappa shape index (κ1) is 18.4. The molecule has 0 aromatic carbocycles. The van der Waals surface area contributed by atoms with E-state index in [4.69, 9.17) is 16.3 Å². The van der Waals surface area contributed by atoms with Gasteiger partial charge in [0.2, 0.25) is 0 Å². The zero-order valence-corrected chi connectivity index (χ0v) is 15.5. The zero-order valence-electron chi connectivity index (χ0n) is 13.9. The first-order chi connectivity index (χ1) is 12.6. The van der Waals surface area contributed by atoms with E-state index in [1.165, 1.54) is 23.6 Å². The highest BCUT2D eigenvalue weighted by atomic mass is 35.5. The highest BCUT2D eigenvalue weighted by Crippen LogP contribution is 2.36. The second-order valence-corrected chi connectivity index (χ2v) is 7.31. The minimum absolute atomic E-state index is 0.0201. The standard InChI is InChI=1S/C18H16ClN3O3S/c19-16-12(6-4-8-21-16)18(24)25-10-15(23)22-17-13(9-20)11-5-2-1-3-7-14(11)26-17/h4,6,8H,1-3,5,7,10H2,(H,22,23). The molecule has 1 N–H and O–H groups in total. The Labute approximate surface area is 159 Å². The normalized spacial score (nSPS) is 13.2. The van der Waals surface area contributed by atoms with Gasteiger partial charge in [-0.25, -0.2) is 9.78 Å². The molecule has 1 aliphatic rings. The summed E-state index contributed by atoms with van der Waals surface area (Å²) < 4.78 is 4.98. The van der Waals surface area contributed by atoms with Gasteiger partial charge in [0, 0.05) is 11.1 Å². The lowest BCUT2D eigenvalue weighted by Crippen LogP contribution is -2.21. The fourth-order valence-electron chi connectivity index (χ4n) is 2.86. The molecule has 1 aliphatic carbocycles. The molecule has 0 radical (unpaired) electrons. The van der Waals surface area contributed by atoms with E-state index in [1.54, 1.807) is 6.07 Å². The second kappa shape index (κ2) is 8.30. The minimum atomic E-state index is -0.722. The van der Waals surface area contributed by atoms with Crippen LogP contribution in [0.15, 0.2) is 18.3 Å². The maximum atomic E-state index is 12.1. The summed E-state index contributed by atoms with van der Waals surface area (Å²) >= 11 is 7.26. The summed E-state index contributed by atoms with van der Waals surface area (Å²) in [4.78, 5) is 29.1. The van der Waals surface area contributed by atoms with Gasteiger partial charge in [0.15, 0.2) is 6.61 Å². The third-order valence-corrected chi connectivity index (χ3v) is 5.61. The van der Waals surface area contributed by atoms with Crippen molar-refractivity contribution in [3.05, 3.63) is 45.1 Å². The van der Waals surface area contributed by atoms with Crippen LogP contribution in [0.1, 0.15) is 45.6 Å². The van der Waals surface area contributed by atoms with Gasteiger partial charge in [-0.1, -0.05) is 18.0 Å². The van der Waals surface area contributed by atoms with E-state index < -0.39 is 18.5 Å². The number of amides is 1. The van der Waals surface area contributed by atoms with Gasteiger partial charge in [0.05, 0.1) is 11.1 Å². The summed E-state index contributed by atoms with van der Waals surface area (Å²) in [6, 6.07) is 5.23. The van der Waals surface area contributed by atoms with Gasteiger partial charge in [0.1, 0.15) is 16.2 Å². The van der Waals surface area contributed by atoms with Gasteiger partial charge < -0.3 is 10.1 Å². The number of hydrogen-bond acceptors (Lipinski definition) is 6. The Bertz CT molecular complexity index is 888. The average Bonchev–Trinajstić information content (AvgIpc) is 2.79. The number of halogens is 1. The molecule has 2 aromatic rings. The fourth-order valence-corrected chi connectivity index (χ4v) is 4.31. The van der Waals surface area contributed by atoms with Crippen LogP contribution < -0.4 is 5.32 Å². The molecule has 2 aromatic heterocycles. The van der Waals surface area contributed by atoms with Gasteiger partial charge in [-0.05, 0) is 43.4 Å². The lowest BCUT2D eigenvalue weighted by molar-refractivity contribution is -0.119. The lowest BCUT2D eigenvalue weighted by Gasteiger charge is -2.06. The molecule has 3 rings (SSSR count). The zero-order chi connectivity index (χ0) is 18.5. The van der Waals surface area contributed by atoms with Crippen molar-refractivity contribution in [2.45, 2.75) is 32.1 Å². The number of thiophene rings is 1. The smallest absolute Gasteiger partial charge is 0.341 e. The summed E-state index contributed by atoms with van der Waals surface area (Å²) in [6.07, 6.45) is 6.54. The van der Waals surface area contributed by atoms with Crippen LogP contribution in [-0.2, 0) is 22.4 Å². The molecule has 26 heavy (non-hydrogen) atoms. The highest BCUT2D eigenvalue weighted by Gasteiger charge is 2.21. The first-order valence-electron chi connectivity index (χ1n) is 8.22. The van der Waals surface area contributed by atoms with Crippen molar-refractivity contribution in [1.82, 2.24) is 4.98 Å². The van der Waals surface area contributed by atoms with Crippen LogP contribution in [0.2, 0.25) is 5.15 Å². The number of aromatic nitrogens is 1. The number of anilines is 1. The minimum Gasteiger partial charge on any atom is -0.452 e. The molecule has 134 valence electrons. The van der Waals surface area contributed by atoms with Gasteiger partial charge in [-0.3, -0.25) is 4.79 Å². The van der Waals surface area contributed by atoms with Crippen LogP contribution in [0.4, 0.5) is 5.00 Å². The number of ether oxygens (including phenoxy) is 1. The average molecular weight is 390 g/mol. The number of pyridine rings is 1. The number of fused-ring (bicyclic) bond motifs is 1. The third-order valence-electron chi connectivity index (χ3n) is 4.10. The number of hydrogen-bond donors (Lipinski definition) is 1. The quantitative estimate of drug-likeness (QED) is 0.488. The van der Waals surface area contributed by atoms with Crippen LogP contribution in [-0.4, -0.2) is 23.5 Å². The predicted octanol–water partition coefficient (Wildman–Crippen LogP) is 3.73. The molecule has 2 heterocycles. The molecule has 8 heteroatoms. The van der Waals surface area contributed by atoms with E-state index in [9.17, 15) is 14.9 Å². The van der Waals surface area contributed by atoms with Crippen LogP contribution in [0.25, 0.3) is 0 Å². The predicted molar refractivity (Wildman–Crippen MR) is 98.5 cm³/mol. The fraction of sp³-hybridized carbons (Fsp3) is 0.333. The van der Waals surface area contributed by atoms with E-state index in [-0.39, 0.29) is 10.7 Å². The van der Waals surface area contributed by atoms with Crippen LogP contribution in [0.5, 0.6) is 0 Å². The number of nitriles is 1. The van der Waals surface area contributed by atoms with Gasteiger partial charge >= 0.3 is 5.97 Å². The topological polar surface area (TPSA) is 92.1 Å². The third kappa shape index (κ3) is 4.03. The van der Waals surface area contributed by atoms with Crippen LogP contribution >= 0.6 is 22.9 Å². The summed E-state index contributed by atoms with van der Waals surface area (Å²) in [7, 11) is 0. The Kier molecular flexibility index (Phi) is 5.86. The van der Waals surface area contributed by atoms with Crippen molar-refractivity contribution in [2.24, 2.45) is 0 Å². The SMILES string of the molecule is N#Cc1c(NC(=O)COC(=O)c2cccnc2Cl)sc2c1CCCCC2. The molecule has 0 fully saturated rings. The Balaban J connectivity index is 1.65. The maximum absolute atomic E-state index is 12.1. The van der Waals surface area contributed by atoms with Crippen molar-refractivity contribution in [2.75, 3.05) is 11.9 Å². The second-order valence-electron chi connectivity index (χ2n) is 5.85.